The fourth-order valence-corrected chi connectivity index (χ4v) is 2.31. The SMILES string of the molecule is CCc1onc(C)c1C(=O)N1CCOC(CC(=O)O)C1. The van der Waals surface area contributed by atoms with Crippen LogP contribution in [0.3, 0.4) is 0 Å². The highest BCUT2D eigenvalue weighted by molar-refractivity contribution is 5.96. The Labute approximate surface area is 116 Å². The predicted molar refractivity (Wildman–Crippen MR) is 68.5 cm³/mol. The number of aliphatic carboxylic acids is 1. The molecule has 7 nitrogen and oxygen atoms in total. The van der Waals surface area contributed by atoms with E-state index in [0.717, 1.165) is 0 Å². The van der Waals surface area contributed by atoms with Gasteiger partial charge in [0.15, 0.2) is 0 Å². The van der Waals surface area contributed by atoms with Crippen molar-refractivity contribution in [2.45, 2.75) is 32.8 Å². The first-order chi connectivity index (χ1) is 9.52. The summed E-state index contributed by atoms with van der Waals surface area (Å²) in [7, 11) is 0. The molecule has 110 valence electrons. The molecule has 0 bridgehead atoms. The Morgan fingerprint density at radius 1 is 1.50 bits per heavy atom. The minimum atomic E-state index is -0.931. The molecule has 1 aromatic heterocycles. The van der Waals surface area contributed by atoms with Crippen LogP contribution in [0.25, 0.3) is 0 Å². The molecular formula is C13H18N2O5. The van der Waals surface area contributed by atoms with E-state index in [-0.39, 0.29) is 18.9 Å². The highest BCUT2D eigenvalue weighted by Gasteiger charge is 2.30. The van der Waals surface area contributed by atoms with Crippen LogP contribution < -0.4 is 0 Å². The first-order valence-electron chi connectivity index (χ1n) is 6.60. The van der Waals surface area contributed by atoms with Crippen LogP contribution in [0.5, 0.6) is 0 Å². The number of hydrogen-bond donors (Lipinski definition) is 1. The van der Waals surface area contributed by atoms with E-state index in [2.05, 4.69) is 5.16 Å². The van der Waals surface area contributed by atoms with Gasteiger partial charge >= 0.3 is 5.97 Å². The molecule has 1 fully saturated rings. The van der Waals surface area contributed by atoms with Gasteiger partial charge < -0.3 is 19.3 Å². The Balaban J connectivity index is 2.12. The van der Waals surface area contributed by atoms with Crippen LogP contribution in [-0.4, -0.2) is 52.8 Å². The van der Waals surface area contributed by atoms with E-state index in [0.29, 0.717) is 36.6 Å². The summed E-state index contributed by atoms with van der Waals surface area (Å²) in [6, 6.07) is 0. The average Bonchev–Trinajstić information content (AvgIpc) is 2.78. The number of hydrogen-bond acceptors (Lipinski definition) is 5. The van der Waals surface area contributed by atoms with Crippen LogP contribution in [0, 0.1) is 6.92 Å². The van der Waals surface area contributed by atoms with Gasteiger partial charge in [-0.2, -0.15) is 0 Å². The maximum absolute atomic E-state index is 12.5. The van der Waals surface area contributed by atoms with Crippen LogP contribution in [0.1, 0.15) is 35.2 Å². The standard InChI is InChI=1S/C13H18N2O5/c1-3-10-12(8(2)14-20-10)13(18)15-4-5-19-9(7-15)6-11(16)17/h9H,3-7H2,1-2H3,(H,16,17). The fraction of sp³-hybridized carbons (Fsp3) is 0.615. The number of morpholine rings is 1. The molecular weight excluding hydrogens is 264 g/mol. The van der Waals surface area contributed by atoms with E-state index >= 15 is 0 Å². The Kier molecular flexibility index (Phi) is 4.39. The van der Waals surface area contributed by atoms with E-state index in [1.807, 2.05) is 6.92 Å². The second-order valence-electron chi connectivity index (χ2n) is 4.76. The molecule has 0 radical (unpaired) electrons. The predicted octanol–water partition coefficient (Wildman–Crippen LogP) is 0.861. The number of rotatable bonds is 4. The third kappa shape index (κ3) is 2.98. The lowest BCUT2D eigenvalue weighted by Gasteiger charge is -2.32. The number of carbonyl (C=O) groups is 2. The lowest BCUT2D eigenvalue weighted by atomic mass is 10.1. The van der Waals surface area contributed by atoms with Gasteiger partial charge in [-0.05, 0) is 6.92 Å². The van der Waals surface area contributed by atoms with Crippen LogP contribution in [0.15, 0.2) is 4.52 Å². The third-order valence-electron chi connectivity index (χ3n) is 3.30. The smallest absolute Gasteiger partial charge is 0.306 e. The summed E-state index contributed by atoms with van der Waals surface area (Å²) in [6.45, 7) is 4.69. The Morgan fingerprint density at radius 2 is 2.25 bits per heavy atom. The summed E-state index contributed by atoms with van der Waals surface area (Å²) >= 11 is 0. The molecule has 2 heterocycles. The summed E-state index contributed by atoms with van der Waals surface area (Å²) in [6.07, 6.45) is 0.0214. The quantitative estimate of drug-likeness (QED) is 0.880. The maximum Gasteiger partial charge on any atom is 0.306 e. The molecule has 20 heavy (non-hydrogen) atoms. The van der Waals surface area contributed by atoms with Gasteiger partial charge in [0.2, 0.25) is 0 Å². The van der Waals surface area contributed by atoms with Crippen LogP contribution in [0.2, 0.25) is 0 Å². The van der Waals surface area contributed by atoms with E-state index in [1.165, 1.54) is 0 Å². The first kappa shape index (κ1) is 14.5. The van der Waals surface area contributed by atoms with E-state index in [9.17, 15) is 9.59 Å². The molecule has 0 aromatic carbocycles. The zero-order valence-electron chi connectivity index (χ0n) is 11.6. The fourth-order valence-electron chi connectivity index (χ4n) is 2.31. The van der Waals surface area contributed by atoms with Crippen LogP contribution in [0.4, 0.5) is 0 Å². The third-order valence-corrected chi connectivity index (χ3v) is 3.30. The highest BCUT2D eigenvalue weighted by atomic mass is 16.5. The molecule has 0 aliphatic carbocycles. The summed E-state index contributed by atoms with van der Waals surface area (Å²) < 4.78 is 10.5. The lowest BCUT2D eigenvalue weighted by Crippen LogP contribution is -2.46. The van der Waals surface area contributed by atoms with Gasteiger partial charge in [-0.1, -0.05) is 12.1 Å². The molecule has 2 rings (SSSR count). The van der Waals surface area contributed by atoms with Crippen molar-refractivity contribution < 1.29 is 24.0 Å². The maximum atomic E-state index is 12.5. The van der Waals surface area contributed by atoms with Gasteiger partial charge in [0.1, 0.15) is 11.3 Å². The van der Waals surface area contributed by atoms with Crippen molar-refractivity contribution in [2.24, 2.45) is 0 Å². The van der Waals surface area contributed by atoms with Gasteiger partial charge in [0.05, 0.1) is 24.8 Å². The molecule has 1 saturated heterocycles. The number of aromatic nitrogens is 1. The van der Waals surface area contributed by atoms with Crippen molar-refractivity contribution in [1.82, 2.24) is 10.1 Å². The van der Waals surface area contributed by atoms with Crippen molar-refractivity contribution in [2.75, 3.05) is 19.7 Å². The van der Waals surface area contributed by atoms with Crippen molar-refractivity contribution >= 4 is 11.9 Å². The second-order valence-corrected chi connectivity index (χ2v) is 4.76. The van der Waals surface area contributed by atoms with Crippen molar-refractivity contribution in [3.63, 3.8) is 0 Å². The van der Waals surface area contributed by atoms with Gasteiger partial charge in [-0.25, -0.2) is 0 Å². The molecule has 0 spiro atoms. The molecule has 1 unspecified atom stereocenters. The summed E-state index contributed by atoms with van der Waals surface area (Å²) in [5, 5.41) is 12.6. The Morgan fingerprint density at radius 3 is 2.90 bits per heavy atom. The van der Waals surface area contributed by atoms with E-state index in [4.69, 9.17) is 14.4 Å². The molecule has 1 atom stereocenters. The van der Waals surface area contributed by atoms with Gasteiger partial charge in [0, 0.05) is 19.5 Å². The number of carboxylic acids is 1. The normalized spacial score (nSPS) is 19.1. The highest BCUT2D eigenvalue weighted by Crippen LogP contribution is 2.19. The van der Waals surface area contributed by atoms with Crippen LogP contribution >= 0.6 is 0 Å². The van der Waals surface area contributed by atoms with Crippen molar-refractivity contribution in [1.29, 1.82) is 0 Å². The van der Waals surface area contributed by atoms with E-state index in [1.54, 1.807) is 11.8 Å². The molecule has 1 amide bonds. The Bertz CT molecular complexity index is 511. The van der Waals surface area contributed by atoms with Gasteiger partial charge in [0.25, 0.3) is 5.91 Å². The largest absolute Gasteiger partial charge is 0.481 e. The van der Waals surface area contributed by atoms with Crippen molar-refractivity contribution in [3.8, 4) is 0 Å². The summed E-state index contributed by atoms with van der Waals surface area (Å²) in [4.78, 5) is 24.8. The topological polar surface area (TPSA) is 92.9 Å². The minimum Gasteiger partial charge on any atom is -0.481 e. The summed E-state index contributed by atoms with van der Waals surface area (Å²) in [5.41, 5.74) is 1.05. The minimum absolute atomic E-state index is 0.104. The Hall–Kier alpha value is -1.89. The number of aryl methyl sites for hydroxylation is 2. The number of nitrogens with zero attached hydrogens (tertiary/aromatic N) is 2. The molecule has 1 aliphatic rings. The molecule has 0 saturated carbocycles. The zero-order valence-corrected chi connectivity index (χ0v) is 11.6. The first-order valence-corrected chi connectivity index (χ1v) is 6.60. The van der Waals surface area contributed by atoms with Gasteiger partial charge in [-0.15, -0.1) is 0 Å². The zero-order chi connectivity index (χ0) is 14.7. The second kappa shape index (κ2) is 6.04. The van der Waals surface area contributed by atoms with E-state index < -0.39 is 12.1 Å². The van der Waals surface area contributed by atoms with Gasteiger partial charge in [-0.3, -0.25) is 9.59 Å². The molecule has 1 aromatic rings. The number of carbonyl (C=O) groups excluding carboxylic acids is 1. The number of ether oxygens (including phenoxy) is 1. The molecule has 1 N–H and O–H groups in total. The number of amides is 1. The monoisotopic (exact) mass is 282 g/mol. The molecule has 7 heteroatoms. The lowest BCUT2D eigenvalue weighted by molar-refractivity contribution is -0.141. The van der Waals surface area contributed by atoms with Crippen molar-refractivity contribution in [3.05, 3.63) is 17.0 Å². The average molecular weight is 282 g/mol. The summed E-state index contributed by atoms with van der Waals surface area (Å²) in [5.74, 6) is -0.534. The molecule has 1 aliphatic heterocycles. The number of carboxylic acid groups (broad SMARTS) is 1. The van der Waals surface area contributed by atoms with Crippen LogP contribution in [-0.2, 0) is 16.0 Å².